The number of carboxylic acid groups (broad SMARTS) is 1. The summed E-state index contributed by atoms with van der Waals surface area (Å²) in [6, 6.07) is 11.6. The van der Waals surface area contributed by atoms with Gasteiger partial charge in [0.2, 0.25) is 0 Å². The molecule has 1 aliphatic carbocycles. The van der Waals surface area contributed by atoms with Crippen LogP contribution >= 0.6 is 11.3 Å². The summed E-state index contributed by atoms with van der Waals surface area (Å²) in [4.78, 5) is 29.0. The number of hydrogen-bond acceptors (Lipinski definition) is 5. The summed E-state index contributed by atoms with van der Waals surface area (Å²) in [5, 5.41) is 12.8. The number of aryl methyl sites for hydroxylation is 1. The number of thiazole rings is 1. The topological polar surface area (TPSA) is 88.5 Å². The largest absolute Gasteiger partial charge is 0.485 e. The van der Waals surface area contributed by atoms with Gasteiger partial charge in [-0.15, -0.1) is 11.3 Å². The summed E-state index contributed by atoms with van der Waals surface area (Å²) in [5.74, 6) is -0.994. The predicted molar refractivity (Wildman–Crippen MR) is 116 cm³/mol. The van der Waals surface area contributed by atoms with E-state index in [0.717, 1.165) is 46.5 Å². The van der Waals surface area contributed by atoms with Crippen molar-refractivity contribution < 1.29 is 19.4 Å². The summed E-state index contributed by atoms with van der Waals surface area (Å²) < 4.78 is 7.28. The average molecular weight is 425 g/mol. The Morgan fingerprint density at radius 1 is 1.17 bits per heavy atom. The van der Waals surface area contributed by atoms with Crippen LogP contribution in [0.3, 0.4) is 0 Å². The van der Waals surface area contributed by atoms with Gasteiger partial charge in [0.1, 0.15) is 22.9 Å². The van der Waals surface area contributed by atoms with Gasteiger partial charge in [-0.3, -0.25) is 4.79 Å². The Labute approximate surface area is 178 Å². The normalized spacial score (nSPS) is 13.7. The molecule has 30 heavy (non-hydrogen) atoms. The predicted octanol–water partition coefficient (Wildman–Crippen LogP) is 4.35. The highest BCUT2D eigenvalue weighted by molar-refractivity contribution is 7.18. The zero-order valence-electron chi connectivity index (χ0n) is 17.0. The Morgan fingerprint density at radius 2 is 1.93 bits per heavy atom. The van der Waals surface area contributed by atoms with Crippen LogP contribution in [0.1, 0.15) is 53.2 Å². The van der Waals surface area contributed by atoms with Gasteiger partial charge in [-0.2, -0.15) is 0 Å². The number of aliphatic carboxylic acids is 1. The molecule has 1 heterocycles. The highest BCUT2D eigenvalue weighted by atomic mass is 32.1. The van der Waals surface area contributed by atoms with Crippen LogP contribution in [0.4, 0.5) is 0 Å². The molecule has 0 unspecified atom stereocenters. The number of para-hydroxylation sites is 1. The van der Waals surface area contributed by atoms with Crippen molar-refractivity contribution >= 4 is 33.4 Å². The van der Waals surface area contributed by atoms with Crippen LogP contribution < -0.4 is 10.1 Å². The van der Waals surface area contributed by atoms with E-state index in [4.69, 9.17) is 4.74 Å². The van der Waals surface area contributed by atoms with Crippen LogP contribution in [-0.2, 0) is 24.2 Å². The van der Waals surface area contributed by atoms with Crippen molar-refractivity contribution in [2.24, 2.45) is 0 Å². The molecule has 1 amide bonds. The molecule has 0 saturated heterocycles. The van der Waals surface area contributed by atoms with Crippen molar-refractivity contribution in [2.75, 3.05) is 0 Å². The lowest BCUT2D eigenvalue weighted by Gasteiger charge is -2.25. The fourth-order valence-electron chi connectivity index (χ4n) is 3.66. The molecule has 0 fully saturated rings. The van der Waals surface area contributed by atoms with E-state index in [-0.39, 0.29) is 6.61 Å². The number of rotatable bonds is 6. The van der Waals surface area contributed by atoms with Gasteiger partial charge >= 0.3 is 5.97 Å². The molecule has 2 aromatic carbocycles. The number of carbonyl (C=O) groups is 2. The Hall–Kier alpha value is -2.93. The Kier molecular flexibility index (Phi) is 5.47. The number of carbonyl (C=O) groups excluding carboxylic acids is 1. The van der Waals surface area contributed by atoms with E-state index in [0.29, 0.717) is 11.3 Å². The number of aromatic nitrogens is 1. The fraction of sp³-hybridized carbons (Fsp3) is 0.348. The van der Waals surface area contributed by atoms with Crippen LogP contribution in [0.25, 0.3) is 10.2 Å². The summed E-state index contributed by atoms with van der Waals surface area (Å²) >= 11 is 1.57. The maximum absolute atomic E-state index is 13.0. The molecule has 3 aromatic rings. The monoisotopic (exact) mass is 424 g/mol. The van der Waals surface area contributed by atoms with Crippen molar-refractivity contribution in [2.45, 2.75) is 51.7 Å². The Balaban J connectivity index is 1.65. The maximum atomic E-state index is 13.0. The molecule has 7 heteroatoms. The molecule has 2 N–H and O–H groups in total. The van der Waals surface area contributed by atoms with Gasteiger partial charge in [-0.25, -0.2) is 9.78 Å². The lowest BCUT2D eigenvalue weighted by Crippen LogP contribution is -2.49. The molecule has 0 aliphatic heterocycles. The van der Waals surface area contributed by atoms with Gasteiger partial charge in [0.25, 0.3) is 5.91 Å². The van der Waals surface area contributed by atoms with E-state index in [2.05, 4.69) is 10.3 Å². The molecular weight excluding hydrogens is 400 g/mol. The fourth-order valence-corrected chi connectivity index (χ4v) is 4.54. The number of hydrogen-bond donors (Lipinski definition) is 2. The van der Waals surface area contributed by atoms with Crippen LogP contribution in [0.2, 0.25) is 0 Å². The quantitative estimate of drug-likeness (QED) is 0.614. The molecule has 1 aliphatic rings. The summed E-state index contributed by atoms with van der Waals surface area (Å²) in [6.45, 7) is 3.19. The first-order chi connectivity index (χ1) is 14.3. The third-order valence-corrected chi connectivity index (χ3v) is 6.37. The van der Waals surface area contributed by atoms with E-state index in [1.54, 1.807) is 17.4 Å². The van der Waals surface area contributed by atoms with Gasteiger partial charge in [0.05, 0.1) is 15.8 Å². The van der Waals surface area contributed by atoms with Gasteiger partial charge in [-0.05, 0) is 68.9 Å². The molecule has 156 valence electrons. The molecule has 1 aromatic heterocycles. The van der Waals surface area contributed by atoms with E-state index >= 15 is 0 Å². The van der Waals surface area contributed by atoms with Crippen molar-refractivity contribution in [1.82, 2.24) is 10.3 Å². The Bertz CT molecular complexity index is 1090. The second-order valence-corrected chi connectivity index (χ2v) is 9.15. The summed E-state index contributed by atoms with van der Waals surface area (Å²) in [6.07, 6.45) is 3.95. The van der Waals surface area contributed by atoms with Crippen LogP contribution in [0, 0.1) is 0 Å². The second kappa shape index (κ2) is 8.07. The average Bonchev–Trinajstić information content (AvgIpc) is 3.14. The zero-order chi connectivity index (χ0) is 21.3. The maximum Gasteiger partial charge on any atom is 0.328 e. The molecular formula is C23H24N2O4S. The molecule has 0 saturated carbocycles. The standard InChI is InChI=1S/C23H24N2O4S/c1-23(2,22(27)28)25-21(26)16-12-11-14-7-3-4-8-15(14)20(16)29-13-19-24-17-9-5-6-10-18(17)30-19/h5-6,9-12H,3-4,7-8,13H2,1-2H3,(H,25,26)(H,27,28). The lowest BCUT2D eigenvalue weighted by atomic mass is 9.89. The number of ether oxygens (including phenoxy) is 1. The van der Waals surface area contributed by atoms with Gasteiger partial charge in [0.15, 0.2) is 0 Å². The minimum Gasteiger partial charge on any atom is -0.485 e. The van der Waals surface area contributed by atoms with E-state index in [1.807, 2.05) is 30.3 Å². The lowest BCUT2D eigenvalue weighted by molar-refractivity contribution is -0.143. The molecule has 0 bridgehead atoms. The summed E-state index contributed by atoms with van der Waals surface area (Å²) in [7, 11) is 0. The van der Waals surface area contributed by atoms with E-state index in [9.17, 15) is 14.7 Å². The second-order valence-electron chi connectivity index (χ2n) is 8.04. The Morgan fingerprint density at radius 3 is 2.70 bits per heavy atom. The van der Waals surface area contributed by atoms with Crippen LogP contribution in [0.5, 0.6) is 5.75 Å². The van der Waals surface area contributed by atoms with Gasteiger partial charge < -0.3 is 15.2 Å². The van der Waals surface area contributed by atoms with Crippen LogP contribution in [-0.4, -0.2) is 27.5 Å². The molecule has 0 spiro atoms. The number of fused-ring (bicyclic) bond motifs is 2. The minimum absolute atomic E-state index is 0.262. The number of carboxylic acids is 1. The minimum atomic E-state index is -1.38. The third kappa shape index (κ3) is 4.03. The molecule has 0 radical (unpaired) electrons. The first-order valence-electron chi connectivity index (χ1n) is 10.0. The molecule has 4 rings (SSSR count). The highest BCUT2D eigenvalue weighted by Crippen LogP contribution is 2.34. The zero-order valence-corrected chi connectivity index (χ0v) is 17.8. The first-order valence-corrected chi connectivity index (χ1v) is 10.8. The van der Waals surface area contributed by atoms with E-state index in [1.165, 1.54) is 19.4 Å². The van der Waals surface area contributed by atoms with Gasteiger partial charge in [-0.1, -0.05) is 18.2 Å². The third-order valence-electron chi connectivity index (χ3n) is 5.36. The smallest absolute Gasteiger partial charge is 0.328 e. The number of amides is 1. The van der Waals surface area contributed by atoms with Crippen molar-refractivity contribution in [3.63, 3.8) is 0 Å². The number of nitrogens with zero attached hydrogens (tertiary/aromatic N) is 1. The summed E-state index contributed by atoms with van der Waals surface area (Å²) in [5.41, 5.74) is 2.15. The van der Waals surface area contributed by atoms with Crippen molar-refractivity contribution in [1.29, 1.82) is 0 Å². The van der Waals surface area contributed by atoms with Crippen molar-refractivity contribution in [3.05, 3.63) is 58.1 Å². The van der Waals surface area contributed by atoms with Gasteiger partial charge in [0, 0.05) is 0 Å². The first kappa shape index (κ1) is 20.3. The number of nitrogens with one attached hydrogen (secondary N) is 1. The SMILES string of the molecule is CC(C)(NC(=O)c1ccc2c(c1OCc1nc3ccccc3s1)CCCC2)C(=O)O. The van der Waals surface area contributed by atoms with Crippen molar-refractivity contribution in [3.8, 4) is 5.75 Å². The van der Waals surface area contributed by atoms with Crippen LogP contribution in [0.15, 0.2) is 36.4 Å². The highest BCUT2D eigenvalue weighted by Gasteiger charge is 2.31. The van der Waals surface area contributed by atoms with E-state index < -0.39 is 17.4 Å². The molecule has 6 nitrogen and oxygen atoms in total. The molecule has 0 atom stereocenters. The number of benzene rings is 2.